The van der Waals surface area contributed by atoms with Crippen molar-refractivity contribution < 1.29 is 18.3 Å². The van der Waals surface area contributed by atoms with Crippen LogP contribution in [0.2, 0.25) is 0 Å². The number of carbonyl (C=O) groups is 1. The van der Waals surface area contributed by atoms with E-state index in [-0.39, 0.29) is 10.5 Å². The lowest BCUT2D eigenvalue weighted by Gasteiger charge is -2.21. The number of aryl methyl sites for hydroxylation is 1. The van der Waals surface area contributed by atoms with Crippen LogP contribution in [-0.4, -0.2) is 36.9 Å². The molecule has 7 heteroatoms. The zero-order valence-electron chi connectivity index (χ0n) is 12.4. The number of halogens is 1. The van der Waals surface area contributed by atoms with Crippen molar-refractivity contribution in [2.45, 2.75) is 38.5 Å². The number of carboxylic acid groups (broad SMARTS) is 1. The van der Waals surface area contributed by atoms with Crippen molar-refractivity contribution in [3.63, 3.8) is 0 Å². The average Bonchev–Trinajstić information content (AvgIpc) is 2.41. The van der Waals surface area contributed by atoms with Gasteiger partial charge in [0.1, 0.15) is 0 Å². The van der Waals surface area contributed by atoms with Crippen LogP contribution in [0, 0.1) is 6.92 Å². The van der Waals surface area contributed by atoms with Crippen LogP contribution in [0.3, 0.4) is 0 Å². The Bertz CT molecular complexity index is 628. The Morgan fingerprint density at radius 1 is 1.33 bits per heavy atom. The Morgan fingerprint density at radius 3 is 2.43 bits per heavy atom. The lowest BCUT2D eigenvalue weighted by atomic mass is 10.1. The fraction of sp³-hybridized carbons (Fsp3) is 0.500. The lowest BCUT2D eigenvalue weighted by molar-refractivity contribution is 0.0696. The molecule has 118 valence electrons. The third-order valence-electron chi connectivity index (χ3n) is 3.20. The molecule has 1 rings (SSSR count). The van der Waals surface area contributed by atoms with Crippen LogP contribution in [0.15, 0.2) is 21.5 Å². The molecule has 5 nitrogen and oxygen atoms in total. The molecule has 1 aromatic carbocycles. The molecule has 0 bridgehead atoms. The van der Waals surface area contributed by atoms with Gasteiger partial charge in [-0.1, -0.05) is 20.3 Å². The summed E-state index contributed by atoms with van der Waals surface area (Å²) in [5, 5.41) is 9.10. The minimum Gasteiger partial charge on any atom is -0.478 e. The molecule has 0 radical (unpaired) electrons. The summed E-state index contributed by atoms with van der Waals surface area (Å²) in [7, 11) is -3.71. The molecule has 1 N–H and O–H groups in total. The predicted octanol–water partition coefficient (Wildman–Crippen LogP) is 3.27. The highest BCUT2D eigenvalue weighted by molar-refractivity contribution is 9.10. The quantitative estimate of drug-likeness (QED) is 0.790. The number of aromatic carboxylic acids is 1. The first kappa shape index (κ1) is 18.1. The fourth-order valence-corrected chi connectivity index (χ4v) is 4.46. The summed E-state index contributed by atoms with van der Waals surface area (Å²) in [6.45, 7) is 6.22. The van der Waals surface area contributed by atoms with Crippen molar-refractivity contribution in [3.05, 3.63) is 27.7 Å². The van der Waals surface area contributed by atoms with E-state index in [4.69, 9.17) is 5.11 Å². The molecule has 0 saturated heterocycles. The molecule has 0 heterocycles. The molecule has 0 unspecified atom stereocenters. The fourth-order valence-electron chi connectivity index (χ4n) is 1.97. The van der Waals surface area contributed by atoms with Crippen LogP contribution in [0.4, 0.5) is 0 Å². The van der Waals surface area contributed by atoms with Crippen LogP contribution in [-0.2, 0) is 10.0 Å². The van der Waals surface area contributed by atoms with Gasteiger partial charge in [-0.25, -0.2) is 13.2 Å². The van der Waals surface area contributed by atoms with E-state index in [1.54, 1.807) is 13.8 Å². The Balaban J connectivity index is 3.39. The number of nitrogens with zero attached hydrogens (tertiary/aromatic N) is 1. The largest absolute Gasteiger partial charge is 0.478 e. The van der Waals surface area contributed by atoms with Gasteiger partial charge in [-0.15, -0.1) is 0 Å². The van der Waals surface area contributed by atoms with E-state index >= 15 is 0 Å². The summed E-state index contributed by atoms with van der Waals surface area (Å²) in [5.74, 6) is -1.14. The Labute approximate surface area is 134 Å². The van der Waals surface area contributed by atoms with Gasteiger partial charge in [0.05, 0.1) is 10.5 Å². The Morgan fingerprint density at radius 2 is 1.95 bits per heavy atom. The monoisotopic (exact) mass is 377 g/mol. The van der Waals surface area contributed by atoms with E-state index in [1.807, 2.05) is 6.92 Å². The highest BCUT2D eigenvalue weighted by atomic mass is 79.9. The lowest BCUT2D eigenvalue weighted by Crippen LogP contribution is -2.32. The van der Waals surface area contributed by atoms with Crippen molar-refractivity contribution in [1.29, 1.82) is 0 Å². The maximum Gasteiger partial charge on any atom is 0.335 e. The molecule has 1 aromatic rings. The standard InChI is InChI=1S/C14H20BrNO4S/c1-4-6-7-16(5-2)21(19,20)12-9-11(14(17)18)8-10(3)13(12)15/h8-9H,4-7H2,1-3H3,(H,17,18). The molecule has 0 aromatic heterocycles. The third-order valence-corrected chi connectivity index (χ3v) is 6.51. The normalized spacial score (nSPS) is 11.9. The van der Waals surface area contributed by atoms with E-state index in [9.17, 15) is 13.2 Å². The minimum atomic E-state index is -3.71. The average molecular weight is 378 g/mol. The smallest absolute Gasteiger partial charge is 0.335 e. The highest BCUT2D eigenvalue weighted by Crippen LogP contribution is 2.29. The minimum absolute atomic E-state index is 0.0119. The van der Waals surface area contributed by atoms with Gasteiger partial charge in [-0.05, 0) is 47.0 Å². The molecule has 0 amide bonds. The number of unbranched alkanes of at least 4 members (excludes halogenated alkanes) is 1. The second kappa shape index (κ2) is 7.38. The maximum absolute atomic E-state index is 12.7. The Hall–Kier alpha value is -0.920. The molecule has 0 saturated carbocycles. The topological polar surface area (TPSA) is 74.7 Å². The van der Waals surface area contributed by atoms with Gasteiger partial charge < -0.3 is 5.11 Å². The van der Waals surface area contributed by atoms with Gasteiger partial charge in [0.25, 0.3) is 0 Å². The third kappa shape index (κ3) is 4.05. The summed E-state index contributed by atoms with van der Waals surface area (Å²) < 4.78 is 27.2. The maximum atomic E-state index is 12.7. The second-order valence-electron chi connectivity index (χ2n) is 4.76. The SMILES string of the molecule is CCCCN(CC)S(=O)(=O)c1cc(C(=O)O)cc(C)c1Br. The van der Waals surface area contributed by atoms with Crippen molar-refractivity contribution >= 4 is 31.9 Å². The number of sulfonamides is 1. The number of rotatable bonds is 7. The van der Waals surface area contributed by atoms with Crippen LogP contribution < -0.4 is 0 Å². The van der Waals surface area contributed by atoms with Crippen LogP contribution in [0.1, 0.15) is 42.6 Å². The molecule has 0 aliphatic carbocycles. The number of benzene rings is 1. The zero-order chi connectivity index (χ0) is 16.2. The van der Waals surface area contributed by atoms with E-state index < -0.39 is 16.0 Å². The zero-order valence-corrected chi connectivity index (χ0v) is 14.8. The first-order chi connectivity index (χ1) is 9.75. The van der Waals surface area contributed by atoms with Crippen LogP contribution in [0.5, 0.6) is 0 Å². The van der Waals surface area contributed by atoms with Crippen LogP contribution >= 0.6 is 15.9 Å². The van der Waals surface area contributed by atoms with Crippen molar-refractivity contribution in [3.8, 4) is 0 Å². The molecular formula is C14H20BrNO4S. The molecular weight excluding hydrogens is 358 g/mol. The van der Waals surface area contributed by atoms with Crippen molar-refractivity contribution in [2.24, 2.45) is 0 Å². The highest BCUT2D eigenvalue weighted by Gasteiger charge is 2.27. The summed E-state index contributed by atoms with van der Waals surface area (Å²) in [5.41, 5.74) is 0.556. The number of carboxylic acids is 1. The molecule has 0 atom stereocenters. The molecule has 0 aliphatic heterocycles. The van der Waals surface area contributed by atoms with Gasteiger partial charge >= 0.3 is 5.97 Å². The summed E-state index contributed by atoms with van der Waals surface area (Å²) in [6, 6.07) is 2.66. The van der Waals surface area contributed by atoms with Crippen molar-refractivity contribution in [1.82, 2.24) is 4.31 Å². The van der Waals surface area contributed by atoms with Crippen molar-refractivity contribution in [2.75, 3.05) is 13.1 Å². The van der Waals surface area contributed by atoms with Gasteiger partial charge in [-0.2, -0.15) is 4.31 Å². The first-order valence-electron chi connectivity index (χ1n) is 6.79. The van der Waals surface area contributed by atoms with Gasteiger partial charge in [0.15, 0.2) is 0 Å². The Kier molecular flexibility index (Phi) is 6.37. The van der Waals surface area contributed by atoms with Gasteiger partial charge in [0.2, 0.25) is 10.0 Å². The van der Waals surface area contributed by atoms with E-state index in [0.717, 1.165) is 12.8 Å². The predicted molar refractivity (Wildman–Crippen MR) is 85.2 cm³/mol. The summed E-state index contributed by atoms with van der Waals surface area (Å²) in [4.78, 5) is 11.1. The summed E-state index contributed by atoms with van der Waals surface area (Å²) >= 11 is 3.27. The van der Waals surface area contributed by atoms with Gasteiger partial charge in [-0.3, -0.25) is 0 Å². The molecule has 0 fully saturated rings. The van der Waals surface area contributed by atoms with E-state index in [0.29, 0.717) is 23.1 Å². The second-order valence-corrected chi connectivity index (χ2v) is 7.46. The van der Waals surface area contributed by atoms with Crippen LogP contribution in [0.25, 0.3) is 0 Å². The molecule has 0 spiro atoms. The number of hydrogen-bond donors (Lipinski definition) is 1. The molecule has 0 aliphatic rings. The van der Waals surface area contributed by atoms with E-state index in [1.165, 1.54) is 16.4 Å². The number of hydrogen-bond acceptors (Lipinski definition) is 3. The summed E-state index contributed by atoms with van der Waals surface area (Å²) in [6.07, 6.45) is 1.66. The molecule has 21 heavy (non-hydrogen) atoms. The first-order valence-corrected chi connectivity index (χ1v) is 9.02. The van der Waals surface area contributed by atoms with Gasteiger partial charge in [0, 0.05) is 17.6 Å². The van der Waals surface area contributed by atoms with E-state index in [2.05, 4.69) is 15.9 Å².